The van der Waals surface area contributed by atoms with Gasteiger partial charge in [-0.3, -0.25) is 0 Å². The van der Waals surface area contributed by atoms with Crippen LogP contribution in [0.15, 0.2) is 0 Å². The fourth-order valence-electron chi connectivity index (χ4n) is 1.60. The van der Waals surface area contributed by atoms with Gasteiger partial charge in [0.2, 0.25) is 0 Å². The molecular weight excluding hydrogens is 324 g/mol. The van der Waals surface area contributed by atoms with Crippen LogP contribution in [0.2, 0.25) is 0 Å². The number of halogens is 2. The first kappa shape index (κ1) is 13.9. The monoisotopic (exact) mass is 342 g/mol. The average molecular weight is 344 g/mol. The third-order valence-corrected chi connectivity index (χ3v) is 3.42. The summed E-state index contributed by atoms with van der Waals surface area (Å²) >= 11 is 6.98. The number of hydrogen-bond donors (Lipinski definition) is 0. The largest absolute Gasteiger partial charge is 0.350 e. The van der Waals surface area contributed by atoms with Crippen LogP contribution in [0.1, 0.15) is 45.4 Å². The number of ether oxygens (including phenoxy) is 2. The van der Waals surface area contributed by atoms with Gasteiger partial charge >= 0.3 is 0 Å². The molecule has 0 bridgehead atoms. The van der Waals surface area contributed by atoms with Crippen molar-refractivity contribution in [3.8, 4) is 0 Å². The maximum absolute atomic E-state index is 5.58. The summed E-state index contributed by atoms with van der Waals surface area (Å²) in [5.74, 6) is 0. The predicted octanol–water partition coefficient (Wildman–Crippen LogP) is 4.21. The fraction of sp³-hybridized carbons (Fsp3) is 1.00. The molecule has 0 spiro atoms. The highest BCUT2D eigenvalue weighted by Gasteiger charge is 2.31. The van der Waals surface area contributed by atoms with E-state index in [1.54, 1.807) is 0 Å². The van der Waals surface area contributed by atoms with E-state index in [1.165, 1.54) is 32.1 Å². The van der Waals surface area contributed by atoms with E-state index in [9.17, 15) is 0 Å². The zero-order chi connectivity index (χ0) is 11.1. The molecule has 0 amide bonds. The number of unbranched alkanes of at least 4 members (excludes halogenated alkanes) is 4. The normalized spacial score (nSPS) is 21.8. The second-order valence-electron chi connectivity index (χ2n) is 4.11. The SMILES string of the molecule is CCCCCCCC1OCC(Br)(Br)CO1. The van der Waals surface area contributed by atoms with Gasteiger partial charge in [-0.1, -0.05) is 64.5 Å². The minimum absolute atomic E-state index is 0.00912. The summed E-state index contributed by atoms with van der Waals surface area (Å²) in [6, 6.07) is 0. The van der Waals surface area contributed by atoms with Crippen molar-refractivity contribution in [2.24, 2.45) is 0 Å². The summed E-state index contributed by atoms with van der Waals surface area (Å²) in [4.78, 5) is 0. The molecule has 1 fully saturated rings. The zero-order valence-corrected chi connectivity index (χ0v) is 12.5. The lowest BCUT2D eigenvalue weighted by atomic mass is 10.1. The van der Waals surface area contributed by atoms with Crippen LogP contribution in [-0.4, -0.2) is 22.7 Å². The summed E-state index contributed by atoms with van der Waals surface area (Å²) in [6.07, 6.45) is 7.52. The Bertz CT molecular complexity index is 164. The summed E-state index contributed by atoms with van der Waals surface area (Å²) in [7, 11) is 0. The fourth-order valence-corrected chi connectivity index (χ4v) is 2.13. The van der Waals surface area contributed by atoms with Gasteiger partial charge < -0.3 is 9.47 Å². The van der Waals surface area contributed by atoms with Crippen LogP contribution < -0.4 is 0 Å². The first-order valence-electron chi connectivity index (χ1n) is 5.75. The van der Waals surface area contributed by atoms with E-state index in [0.717, 1.165) is 6.42 Å². The lowest BCUT2D eigenvalue weighted by Gasteiger charge is -2.31. The summed E-state index contributed by atoms with van der Waals surface area (Å²) < 4.78 is 11.0. The van der Waals surface area contributed by atoms with Gasteiger partial charge in [-0.25, -0.2) is 0 Å². The molecule has 0 aromatic heterocycles. The Morgan fingerprint density at radius 2 is 1.67 bits per heavy atom. The number of rotatable bonds is 6. The van der Waals surface area contributed by atoms with Gasteiger partial charge in [0.25, 0.3) is 0 Å². The van der Waals surface area contributed by atoms with Crippen molar-refractivity contribution in [2.45, 2.75) is 55.0 Å². The van der Waals surface area contributed by atoms with E-state index in [2.05, 4.69) is 38.8 Å². The molecule has 1 aliphatic rings. The molecule has 15 heavy (non-hydrogen) atoms. The van der Waals surface area contributed by atoms with Gasteiger partial charge in [0.15, 0.2) is 6.29 Å². The first-order valence-corrected chi connectivity index (χ1v) is 7.34. The maximum atomic E-state index is 5.58. The third kappa shape index (κ3) is 6.25. The van der Waals surface area contributed by atoms with E-state index in [1.807, 2.05) is 0 Å². The summed E-state index contributed by atoms with van der Waals surface area (Å²) in [5.41, 5.74) is 0. The van der Waals surface area contributed by atoms with Crippen molar-refractivity contribution >= 4 is 31.9 Å². The number of alkyl halides is 2. The molecule has 0 N–H and O–H groups in total. The quantitative estimate of drug-likeness (QED) is 0.531. The van der Waals surface area contributed by atoms with Crippen molar-refractivity contribution in [1.82, 2.24) is 0 Å². The smallest absolute Gasteiger partial charge is 0.157 e. The van der Waals surface area contributed by atoms with Crippen LogP contribution >= 0.6 is 31.9 Å². The highest BCUT2D eigenvalue weighted by molar-refractivity contribution is 9.25. The van der Waals surface area contributed by atoms with Crippen molar-refractivity contribution in [3.63, 3.8) is 0 Å². The maximum Gasteiger partial charge on any atom is 0.157 e. The van der Waals surface area contributed by atoms with Crippen LogP contribution in [0.4, 0.5) is 0 Å². The minimum Gasteiger partial charge on any atom is -0.350 e. The average Bonchev–Trinajstić information content (AvgIpc) is 2.20. The van der Waals surface area contributed by atoms with Crippen LogP contribution in [0.5, 0.6) is 0 Å². The highest BCUT2D eigenvalue weighted by atomic mass is 79.9. The first-order chi connectivity index (χ1) is 7.14. The van der Waals surface area contributed by atoms with E-state index in [0.29, 0.717) is 13.2 Å². The second kappa shape index (κ2) is 7.25. The Morgan fingerprint density at radius 3 is 2.27 bits per heavy atom. The molecule has 0 saturated carbocycles. The van der Waals surface area contributed by atoms with E-state index < -0.39 is 0 Å². The van der Waals surface area contributed by atoms with E-state index in [-0.39, 0.29) is 9.52 Å². The van der Waals surface area contributed by atoms with E-state index in [4.69, 9.17) is 9.47 Å². The van der Waals surface area contributed by atoms with Gasteiger partial charge in [0.1, 0.15) is 3.23 Å². The molecule has 1 saturated heterocycles. The van der Waals surface area contributed by atoms with Crippen molar-refractivity contribution in [1.29, 1.82) is 0 Å². The molecule has 1 rings (SSSR count). The third-order valence-electron chi connectivity index (χ3n) is 2.50. The van der Waals surface area contributed by atoms with Gasteiger partial charge in [0.05, 0.1) is 13.2 Å². The standard InChI is InChI=1S/C11H20Br2O2/c1-2-3-4-5-6-7-10-14-8-11(12,13)9-15-10/h10H,2-9H2,1H3. The molecule has 0 aliphatic carbocycles. The molecule has 1 aliphatic heterocycles. The molecule has 2 nitrogen and oxygen atoms in total. The molecule has 0 aromatic rings. The lowest BCUT2D eigenvalue weighted by molar-refractivity contribution is -0.181. The summed E-state index contributed by atoms with van der Waals surface area (Å²) in [6.45, 7) is 3.58. The molecule has 90 valence electrons. The Morgan fingerprint density at radius 1 is 1.07 bits per heavy atom. The Hall–Kier alpha value is 0.880. The Balaban J connectivity index is 1.99. The molecule has 0 unspecified atom stereocenters. The molecule has 0 atom stereocenters. The van der Waals surface area contributed by atoms with Gasteiger partial charge in [-0.2, -0.15) is 0 Å². The van der Waals surface area contributed by atoms with Crippen LogP contribution in [0, 0.1) is 0 Å². The van der Waals surface area contributed by atoms with E-state index >= 15 is 0 Å². The van der Waals surface area contributed by atoms with Crippen molar-refractivity contribution in [3.05, 3.63) is 0 Å². The second-order valence-corrected chi connectivity index (χ2v) is 8.21. The van der Waals surface area contributed by atoms with Gasteiger partial charge in [0, 0.05) is 0 Å². The molecule has 1 heterocycles. The van der Waals surface area contributed by atoms with Crippen molar-refractivity contribution in [2.75, 3.05) is 13.2 Å². The van der Waals surface area contributed by atoms with Crippen molar-refractivity contribution < 1.29 is 9.47 Å². The Kier molecular flexibility index (Phi) is 6.74. The molecule has 0 radical (unpaired) electrons. The minimum atomic E-state index is -0.168. The van der Waals surface area contributed by atoms with Gasteiger partial charge in [-0.05, 0) is 12.8 Å². The molecular formula is C11H20Br2O2. The Labute approximate surface area is 109 Å². The van der Waals surface area contributed by atoms with Crippen LogP contribution in [0.3, 0.4) is 0 Å². The number of hydrogen-bond acceptors (Lipinski definition) is 2. The van der Waals surface area contributed by atoms with Gasteiger partial charge in [-0.15, -0.1) is 0 Å². The summed E-state index contributed by atoms with van der Waals surface area (Å²) in [5, 5.41) is 0. The molecule has 0 aromatic carbocycles. The van der Waals surface area contributed by atoms with Crippen LogP contribution in [-0.2, 0) is 9.47 Å². The topological polar surface area (TPSA) is 18.5 Å². The highest BCUT2D eigenvalue weighted by Crippen LogP contribution is 2.32. The predicted molar refractivity (Wildman–Crippen MR) is 69.7 cm³/mol. The van der Waals surface area contributed by atoms with Crippen LogP contribution in [0.25, 0.3) is 0 Å². The lowest BCUT2D eigenvalue weighted by Crippen LogP contribution is -2.38. The zero-order valence-electron chi connectivity index (χ0n) is 9.31. The molecule has 4 heteroatoms.